The van der Waals surface area contributed by atoms with Crippen molar-refractivity contribution >= 4 is 40.1 Å². The molecule has 0 saturated carbocycles. The van der Waals surface area contributed by atoms with E-state index in [1.54, 1.807) is 35.2 Å². The zero-order valence-electron chi connectivity index (χ0n) is 22.8. The number of benzene rings is 2. The van der Waals surface area contributed by atoms with Gasteiger partial charge in [0, 0.05) is 66.8 Å². The van der Waals surface area contributed by atoms with Gasteiger partial charge < -0.3 is 19.5 Å². The Kier molecular flexibility index (Phi) is 7.78. The average molecular weight is 575 g/mol. The Labute approximate surface area is 241 Å². The van der Waals surface area contributed by atoms with Gasteiger partial charge in [0.15, 0.2) is 5.82 Å². The van der Waals surface area contributed by atoms with Crippen LogP contribution in [0.25, 0.3) is 27.6 Å². The van der Waals surface area contributed by atoms with Crippen LogP contribution in [0, 0.1) is 5.82 Å². The van der Waals surface area contributed by atoms with Gasteiger partial charge in [0.25, 0.3) is 5.91 Å². The smallest absolute Gasteiger partial charge is 0.270 e. The van der Waals surface area contributed by atoms with E-state index in [0.717, 1.165) is 28.2 Å². The minimum Gasteiger partial charge on any atom is -0.496 e. The van der Waals surface area contributed by atoms with Gasteiger partial charge in [-0.25, -0.2) is 4.39 Å². The predicted octanol–water partition coefficient (Wildman–Crippen LogP) is 4.47. The van der Waals surface area contributed by atoms with Crippen molar-refractivity contribution in [3.8, 4) is 16.9 Å². The minimum absolute atomic E-state index is 0.0232. The summed E-state index contributed by atoms with van der Waals surface area (Å²) in [6.45, 7) is 2.63. The molecule has 2 aromatic carbocycles. The molecule has 11 heteroatoms. The highest BCUT2D eigenvalue weighted by Crippen LogP contribution is 2.40. The molecule has 1 fully saturated rings. The fourth-order valence-corrected chi connectivity index (χ4v) is 6.41. The SMILES string of the molecule is COc1ccccc1-c1cc(C2=CCCN(C(=O)CCn3ccnn3)C2)c(F)c2[nH]c(C(=O)N3CCSCC3)cc12. The van der Waals surface area contributed by atoms with Gasteiger partial charge in [0.1, 0.15) is 11.4 Å². The van der Waals surface area contributed by atoms with Crippen molar-refractivity contribution in [1.29, 1.82) is 0 Å². The number of aromatic nitrogens is 4. The summed E-state index contributed by atoms with van der Waals surface area (Å²) < 4.78 is 23.6. The normalized spacial score (nSPS) is 15.7. The lowest BCUT2D eigenvalue weighted by Gasteiger charge is -2.28. The fourth-order valence-electron chi connectivity index (χ4n) is 5.51. The summed E-state index contributed by atoms with van der Waals surface area (Å²) in [5.41, 5.74) is 3.33. The number of carbonyl (C=O) groups is 2. The van der Waals surface area contributed by atoms with Crippen molar-refractivity contribution in [3.05, 3.63) is 71.9 Å². The third-order valence-corrected chi connectivity index (χ3v) is 8.60. The summed E-state index contributed by atoms with van der Waals surface area (Å²) in [7, 11) is 1.60. The molecule has 2 aliphatic rings. The maximum Gasteiger partial charge on any atom is 0.270 e. The molecule has 0 atom stereocenters. The number of rotatable bonds is 7. The first-order valence-electron chi connectivity index (χ1n) is 13.7. The number of carbonyl (C=O) groups excluding carboxylic acids is 2. The van der Waals surface area contributed by atoms with E-state index in [0.29, 0.717) is 61.5 Å². The first-order valence-corrected chi connectivity index (χ1v) is 14.9. The molecule has 0 unspecified atom stereocenters. The number of methoxy groups -OCH3 is 1. The summed E-state index contributed by atoms with van der Waals surface area (Å²) in [5.74, 6) is 1.84. The second-order valence-corrected chi connectivity index (χ2v) is 11.3. The Bertz CT molecular complexity index is 1610. The van der Waals surface area contributed by atoms with Gasteiger partial charge in [-0.05, 0) is 35.8 Å². The first kappa shape index (κ1) is 27.1. The number of fused-ring (bicyclic) bond motifs is 1. The van der Waals surface area contributed by atoms with Gasteiger partial charge in [0.05, 0.1) is 25.4 Å². The number of amides is 2. The topological polar surface area (TPSA) is 96.3 Å². The number of ether oxygens (including phenoxy) is 1. The lowest BCUT2D eigenvalue weighted by atomic mass is 9.93. The zero-order chi connectivity index (χ0) is 28.3. The molecule has 9 nitrogen and oxygen atoms in total. The molecule has 0 bridgehead atoms. The number of nitrogens with one attached hydrogen (secondary N) is 1. The van der Waals surface area contributed by atoms with E-state index < -0.39 is 5.82 Å². The Morgan fingerprint density at radius 3 is 2.68 bits per heavy atom. The van der Waals surface area contributed by atoms with E-state index in [4.69, 9.17) is 4.74 Å². The van der Waals surface area contributed by atoms with Crippen LogP contribution in [0.4, 0.5) is 4.39 Å². The third kappa shape index (κ3) is 5.46. The summed E-state index contributed by atoms with van der Waals surface area (Å²) in [6.07, 6.45) is 6.20. The number of aromatic amines is 1. The number of aryl methyl sites for hydroxylation is 1. The van der Waals surface area contributed by atoms with E-state index in [9.17, 15) is 9.59 Å². The standard InChI is InChI=1S/C30H31FN6O3S/c1-40-26-7-3-2-6-21(26)23-17-22(20-5-4-10-36(19-20)27(38)8-11-37-12-9-32-34-37)28(31)29-24(23)18-25(33-29)30(39)35-13-15-41-16-14-35/h2-3,5-7,9,12,17-18,33H,4,8,10-11,13-16,19H2,1H3. The van der Waals surface area contributed by atoms with Crippen molar-refractivity contribution in [3.63, 3.8) is 0 Å². The van der Waals surface area contributed by atoms with Gasteiger partial charge in [0.2, 0.25) is 5.91 Å². The van der Waals surface area contributed by atoms with Crippen LogP contribution in [0.15, 0.2) is 54.9 Å². The number of thioether (sulfide) groups is 1. The van der Waals surface area contributed by atoms with Crippen molar-refractivity contribution in [2.45, 2.75) is 19.4 Å². The molecule has 1 N–H and O–H groups in total. The fraction of sp³-hybridized carbons (Fsp3) is 0.333. The number of para-hydroxylation sites is 1. The average Bonchev–Trinajstić information content (AvgIpc) is 3.71. The highest BCUT2D eigenvalue weighted by atomic mass is 32.2. The maximum absolute atomic E-state index is 16.4. The molecule has 0 radical (unpaired) electrons. The molecule has 2 aliphatic heterocycles. The third-order valence-electron chi connectivity index (χ3n) is 7.65. The molecular formula is C30H31FN6O3S. The van der Waals surface area contributed by atoms with E-state index in [2.05, 4.69) is 15.3 Å². The molecule has 2 amide bonds. The summed E-state index contributed by atoms with van der Waals surface area (Å²) >= 11 is 1.83. The quantitative estimate of drug-likeness (QED) is 0.350. The van der Waals surface area contributed by atoms with Crippen LogP contribution < -0.4 is 4.74 Å². The van der Waals surface area contributed by atoms with Gasteiger partial charge in [-0.15, -0.1) is 5.10 Å². The van der Waals surface area contributed by atoms with Crippen LogP contribution in [-0.4, -0.2) is 86.4 Å². The molecular weight excluding hydrogens is 543 g/mol. The largest absolute Gasteiger partial charge is 0.496 e. The highest BCUT2D eigenvalue weighted by Gasteiger charge is 2.27. The van der Waals surface area contributed by atoms with Crippen LogP contribution in [0.1, 0.15) is 28.9 Å². The molecule has 212 valence electrons. The van der Waals surface area contributed by atoms with E-state index >= 15 is 4.39 Å². The monoisotopic (exact) mass is 574 g/mol. The molecule has 0 spiro atoms. The van der Waals surface area contributed by atoms with Gasteiger partial charge in [-0.3, -0.25) is 14.3 Å². The maximum atomic E-state index is 16.4. The molecule has 1 saturated heterocycles. The van der Waals surface area contributed by atoms with Crippen LogP contribution in [0.3, 0.4) is 0 Å². The Morgan fingerprint density at radius 1 is 1.07 bits per heavy atom. The highest BCUT2D eigenvalue weighted by molar-refractivity contribution is 7.99. The van der Waals surface area contributed by atoms with Crippen LogP contribution in [-0.2, 0) is 11.3 Å². The van der Waals surface area contributed by atoms with Crippen molar-refractivity contribution < 1.29 is 18.7 Å². The Hall–Kier alpha value is -4.12. The second kappa shape index (κ2) is 11.8. The predicted molar refractivity (Wildman–Crippen MR) is 157 cm³/mol. The minimum atomic E-state index is -0.435. The number of hydrogen-bond donors (Lipinski definition) is 1. The number of hydrogen-bond acceptors (Lipinski definition) is 6. The molecule has 41 heavy (non-hydrogen) atoms. The molecule has 0 aliphatic carbocycles. The molecule has 2 aromatic heterocycles. The van der Waals surface area contributed by atoms with Crippen molar-refractivity contribution in [2.75, 3.05) is 44.8 Å². The second-order valence-electron chi connectivity index (χ2n) is 10.1. The van der Waals surface area contributed by atoms with E-state index in [1.165, 1.54) is 0 Å². The summed E-state index contributed by atoms with van der Waals surface area (Å²) in [6, 6.07) is 11.2. The lowest BCUT2D eigenvalue weighted by molar-refractivity contribution is -0.131. The van der Waals surface area contributed by atoms with E-state index in [-0.39, 0.29) is 23.8 Å². The Balaban J connectivity index is 1.38. The number of halogens is 1. The van der Waals surface area contributed by atoms with Gasteiger partial charge in [-0.2, -0.15) is 11.8 Å². The number of H-pyrrole nitrogens is 1. The zero-order valence-corrected chi connectivity index (χ0v) is 23.6. The van der Waals surface area contributed by atoms with Crippen molar-refractivity contribution in [1.82, 2.24) is 29.8 Å². The van der Waals surface area contributed by atoms with Crippen molar-refractivity contribution in [2.24, 2.45) is 0 Å². The van der Waals surface area contributed by atoms with Crippen LogP contribution in [0.2, 0.25) is 0 Å². The lowest BCUT2D eigenvalue weighted by Crippen LogP contribution is -2.38. The van der Waals surface area contributed by atoms with Crippen LogP contribution in [0.5, 0.6) is 5.75 Å². The molecule has 4 aromatic rings. The first-order chi connectivity index (χ1) is 20.0. The Morgan fingerprint density at radius 2 is 1.90 bits per heavy atom. The summed E-state index contributed by atoms with van der Waals surface area (Å²) in [5, 5.41) is 8.32. The van der Waals surface area contributed by atoms with E-state index in [1.807, 2.05) is 53.1 Å². The van der Waals surface area contributed by atoms with Gasteiger partial charge in [-0.1, -0.05) is 29.5 Å². The molecule has 4 heterocycles. The number of nitrogens with zero attached hydrogens (tertiary/aromatic N) is 5. The van der Waals surface area contributed by atoms with Gasteiger partial charge >= 0.3 is 0 Å². The summed E-state index contributed by atoms with van der Waals surface area (Å²) in [4.78, 5) is 33.1. The van der Waals surface area contributed by atoms with Crippen LogP contribution >= 0.6 is 11.8 Å². The molecule has 6 rings (SSSR count).